The summed E-state index contributed by atoms with van der Waals surface area (Å²) in [6.07, 6.45) is 0. The average Bonchev–Trinajstić information content (AvgIpc) is 3.56. The summed E-state index contributed by atoms with van der Waals surface area (Å²) < 4.78 is 2.37. The van der Waals surface area contributed by atoms with Crippen LogP contribution >= 0.6 is 11.8 Å². The van der Waals surface area contributed by atoms with Gasteiger partial charge in [0.05, 0.1) is 27.8 Å². The van der Waals surface area contributed by atoms with Crippen LogP contribution in [-0.4, -0.2) is 4.57 Å². The lowest BCUT2D eigenvalue weighted by Crippen LogP contribution is -2.37. The van der Waals surface area contributed by atoms with Crippen molar-refractivity contribution in [3.05, 3.63) is 229 Å². The molecule has 0 fully saturated rings. The molecule has 0 spiro atoms. The molecule has 8 aromatic carbocycles. The van der Waals surface area contributed by atoms with Crippen molar-refractivity contribution in [3.63, 3.8) is 0 Å². The van der Waals surface area contributed by atoms with Gasteiger partial charge in [-0.15, -0.1) is 0 Å². The van der Waals surface area contributed by atoms with Crippen LogP contribution in [0.1, 0.15) is 22.3 Å². The van der Waals surface area contributed by atoms with Crippen LogP contribution in [-0.2, 0) is 5.41 Å². The van der Waals surface area contributed by atoms with Crippen molar-refractivity contribution < 1.29 is 0 Å². The molecular weight excluding hydrogens is 649 g/mol. The number of aromatic nitrogens is 1. The molecule has 0 bridgehead atoms. The number of para-hydroxylation sites is 4. The van der Waals surface area contributed by atoms with Crippen LogP contribution in [0.3, 0.4) is 0 Å². The third-order valence-corrected chi connectivity index (χ3v) is 11.5. The van der Waals surface area contributed by atoms with Crippen molar-refractivity contribution in [2.75, 3.05) is 4.90 Å². The molecule has 2 nitrogen and oxygen atoms in total. The maximum absolute atomic E-state index is 2.43. The molecule has 0 saturated carbocycles. The monoisotopic (exact) mass is 682 g/mol. The molecule has 10 rings (SSSR count). The number of rotatable bonds is 6. The Morgan fingerprint density at radius 2 is 0.750 bits per heavy atom. The maximum Gasteiger partial charge on any atom is 0.0742 e. The molecule has 52 heavy (non-hydrogen) atoms. The molecule has 0 saturated heterocycles. The Hall–Kier alpha value is -6.29. The molecule has 0 radical (unpaired) electrons. The van der Waals surface area contributed by atoms with Gasteiger partial charge in [-0.2, -0.15) is 0 Å². The lowest BCUT2D eigenvalue weighted by Gasteiger charge is -2.46. The lowest BCUT2D eigenvalue weighted by molar-refractivity contribution is 0.731. The molecule has 2 heterocycles. The summed E-state index contributed by atoms with van der Waals surface area (Å²) in [5.41, 5.74) is 11.7. The summed E-state index contributed by atoms with van der Waals surface area (Å²) in [4.78, 5) is 4.85. The first-order valence-corrected chi connectivity index (χ1v) is 18.6. The van der Waals surface area contributed by atoms with Crippen LogP contribution in [0.5, 0.6) is 0 Å². The Bertz CT molecular complexity index is 2550. The smallest absolute Gasteiger partial charge is 0.0742 e. The third-order valence-electron chi connectivity index (χ3n) is 10.5. The molecule has 3 heteroatoms. The van der Waals surface area contributed by atoms with Gasteiger partial charge in [0, 0.05) is 31.9 Å². The first-order chi connectivity index (χ1) is 25.8. The van der Waals surface area contributed by atoms with E-state index in [1.165, 1.54) is 70.9 Å². The Labute approximate surface area is 308 Å². The molecule has 9 aromatic rings. The van der Waals surface area contributed by atoms with E-state index in [2.05, 4.69) is 216 Å². The van der Waals surface area contributed by atoms with E-state index in [1.807, 2.05) is 0 Å². The van der Waals surface area contributed by atoms with Gasteiger partial charge in [-0.3, -0.25) is 0 Å². The molecular formula is C49H34N2S. The Morgan fingerprint density at radius 1 is 0.346 bits per heavy atom. The maximum atomic E-state index is 2.43. The molecule has 0 N–H and O–H groups in total. The van der Waals surface area contributed by atoms with Gasteiger partial charge in [0.15, 0.2) is 0 Å². The molecule has 1 aliphatic heterocycles. The summed E-state index contributed by atoms with van der Waals surface area (Å²) in [5.74, 6) is 0. The Balaban J connectivity index is 1.01. The first-order valence-electron chi connectivity index (χ1n) is 17.8. The minimum Gasteiger partial charge on any atom is -0.310 e. The topological polar surface area (TPSA) is 8.17 Å². The van der Waals surface area contributed by atoms with E-state index in [1.54, 1.807) is 11.8 Å². The molecule has 1 aliphatic rings. The van der Waals surface area contributed by atoms with Crippen LogP contribution in [0, 0.1) is 0 Å². The van der Waals surface area contributed by atoms with Gasteiger partial charge < -0.3 is 9.47 Å². The van der Waals surface area contributed by atoms with Crippen LogP contribution in [0.4, 0.5) is 17.1 Å². The highest BCUT2D eigenvalue weighted by Gasteiger charge is 2.46. The minimum atomic E-state index is -0.465. The zero-order valence-corrected chi connectivity index (χ0v) is 29.2. The van der Waals surface area contributed by atoms with Gasteiger partial charge in [0.25, 0.3) is 0 Å². The second-order valence-corrected chi connectivity index (χ2v) is 14.5. The van der Waals surface area contributed by atoms with Crippen LogP contribution in [0.15, 0.2) is 216 Å². The molecule has 0 aliphatic carbocycles. The molecule has 0 unspecified atom stereocenters. The largest absolute Gasteiger partial charge is 0.310 e. The molecule has 0 amide bonds. The van der Waals surface area contributed by atoms with E-state index >= 15 is 0 Å². The summed E-state index contributed by atoms with van der Waals surface area (Å²) in [6.45, 7) is 0. The second kappa shape index (κ2) is 12.5. The normalized spacial score (nSPS) is 13.2. The van der Waals surface area contributed by atoms with Crippen molar-refractivity contribution in [1.82, 2.24) is 4.57 Å². The number of nitrogens with zero attached hydrogens (tertiary/aromatic N) is 2. The quantitative estimate of drug-likeness (QED) is 0.172. The minimum absolute atomic E-state index is 0.465. The number of benzene rings is 8. The van der Waals surface area contributed by atoms with Crippen molar-refractivity contribution in [1.29, 1.82) is 0 Å². The zero-order chi connectivity index (χ0) is 34.5. The van der Waals surface area contributed by atoms with E-state index in [-0.39, 0.29) is 0 Å². The SMILES string of the molecule is c1ccc(C2(c3ccccc3)c3ccccc3N(c3ccc(Sc4ccc(-n5c6ccccc6c6ccccc65)cc4)cc3)c3ccccc32)cc1. The van der Waals surface area contributed by atoms with Crippen molar-refractivity contribution in [3.8, 4) is 5.69 Å². The van der Waals surface area contributed by atoms with Gasteiger partial charge in [0.1, 0.15) is 0 Å². The van der Waals surface area contributed by atoms with E-state index in [9.17, 15) is 0 Å². The highest BCUT2D eigenvalue weighted by Crippen LogP contribution is 2.57. The van der Waals surface area contributed by atoms with Crippen molar-refractivity contribution in [2.45, 2.75) is 15.2 Å². The van der Waals surface area contributed by atoms with E-state index in [0.717, 1.165) is 5.69 Å². The van der Waals surface area contributed by atoms with E-state index in [4.69, 9.17) is 0 Å². The van der Waals surface area contributed by atoms with Crippen LogP contribution in [0.2, 0.25) is 0 Å². The lowest BCUT2D eigenvalue weighted by atomic mass is 9.62. The highest BCUT2D eigenvalue weighted by atomic mass is 32.2. The van der Waals surface area contributed by atoms with E-state index in [0.29, 0.717) is 0 Å². The Kier molecular flexibility index (Phi) is 7.33. The van der Waals surface area contributed by atoms with Crippen LogP contribution in [0.25, 0.3) is 27.5 Å². The van der Waals surface area contributed by atoms with Gasteiger partial charge >= 0.3 is 0 Å². The first kappa shape index (κ1) is 30.5. The second-order valence-electron chi connectivity index (χ2n) is 13.3. The zero-order valence-electron chi connectivity index (χ0n) is 28.4. The van der Waals surface area contributed by atoms with Gasteiger partial charge in [-0.1, -0.05) is 145 Å². The number of anilines is 3. The third kappa shape index (κ3) is 4.74. The Morgan fingerprint density at radius 3 is 1.25 bits per heavy atom. The van der Waals surface area contributed by atoms with E-state index < -0.39 is 5.41 Å². The predicted molar refractivity (Wildman–Crippen MR) is 218 cm³/mol. The summed E-state index contributed by atoms with van der Waals surface area (Å²) in [7, 11) is 0. The fourth-order valence-corrected chi connectivity index (χ4v) is 9.17. The fraction of sp³-hybridized carbons (Fsp3) is 0.0204. The average molecular weight is 683 g/mol. The summed E-state index contributed by atoms with van der Waals surface area (Å²) in [6, 6.07) is 75.1. The standard InChI is InChI=1S/C49H34N2S/c1-3-15-35(16-4-1)49(36-17-5-2-6-18-36)43-21-9-13-25-47(43)51(48-26-14-10-22-44(48)49)38-29-33-40(34-30-38)52-39-31-27-37(28-32-39)50-45-23-11-7-19-41(45)42-20-8-12-24-46(42)50/h1-34H. The summed E-state index contributed by atoms with van der Waals surface area (Å²) in [5, 5.41) is 2.56. The van der Waals surface area contributed by atoms with Crippen molar-refractivity contribution >= 4 is 50.6 Å². The fourth-order valence-electron chi connectivity index (χ4n) is 8.35. The number of fused-ring (bicyclic) bond motifs is 5. The van der Waals surface area contributed by atoms with Gasteiger partial charge in [0.2, 0.25) is 0 Å². The molecule has 0 atom stereocenters. The van der Waals surface area contributed by atoms with Gasteiger partial charge in [-0.05, 0) is 95.1 Å². The molecule has 246 valence electrons. The van der Waals surface area contributed by atoms with Crippen LogP contribution < -0.4 is 4.90 Å². The summed E-state index contributed by atoms with van der Waals surface area (Å²) >= 11 is 1.79. The number of hydrogen-bond acceptors (Lipinski definition) is 2. The number of hydrogen-bond donors (Lipinski definition) is 0. The van der Waals surface area contributed by atoms with Crippen molar-refractivity contribution in [2.24, 2.45) is 0 Å². The highest BCUT2D eigenvalue weighted by molar-refractivity contribution is 7.99. The predicted octanol–water partition coefficient (Wildman–Crippen LogP) is 13.1. The van der Waals surface area contributed by atoms with Gasteiger partial charge in [-0.25, -0.2) is 0 Å². The molecule has 1 aromatic heterocycles.